The van der Waals surface area contributed by atoms with Crippen LogP contribution in [0.3, 0.4) is 0 Å². The Morgan fingerprint density at radius 1 is 1.12 bits per heavy atom. The molecule has 0 fully saturated rings. The number of halogens is 2. The number of carboxylic acids is 1. The van der Waals surface area contributed by atoms with Gasteiger partial charge in [-0.25, -0.2) is 13.6 Å². The third kappa shape index (κ3) is 2.56. The van der Waals surface area contributed by atoms with Crippen molar-refractivity contribution in [2.24, 2.45) is 0 Å². The average Bonchev–Trinajstić information content (AvgIpc) is 2.54. The van der Waals surface area contributed by atoms with Gasteiger partial charge >= 0.3 is 5.97 Å². The number of aromatic carboxylic acids is 1. The van der Waals surface area contributed by atoms with Gasteiger partial charge in [-0.3, -0.25) is 4.79 Å². The van der Waals surface area contributed by atoms with Gasteiger partial charge in [-0.15, -0.1) is 0 Å². The summed E-state index contributed by atoms with van der Waals surface area (Å²) in [5, 5.41) is 8.65. The largest absolute Gasteiger partial charge is 0.477 e. The summed E-state index contributed by atoms with van der Waals surface area (Å²) in [5.41, 5.74) is -0.148. The number of nitrogens with zero attached hydrogens (tertiary/aromatic N) is 1. The Morgan fingerprint density at radius 3 is 2.46 bits per heavy atom. The molecule has 0 aliphatic rings. The second-order valence-corrected chi connectivity index (χ2v) is 5.48. The molecule has 1 heterocycles. The molecular formula is C18H13F2NO3. The van der Waals surface area contributed by atoms with Gasteiger partial charge in [0.1, 0.15) is 17.2 Å². The van der Waals surface area contributed by atoms with Gasteiger partial charge in [-0.2, -0.15) is 0 Å². The summed E-state index contributed by atoms with van der Waals surface area (Å²) in [5.74, 6) is -3.21. The summed E-state index contributed by atoms with van der Waals surface area (Å²) in [6, 6.07) is 9.04. The smallest absolute Gasteiger partial charge is 0.341 e. The number of hydrogen-bond acceptors (Lipinski definition) is 2. The highest BCUT2D eigenvalue weighted by Crippen LogP contribution is 2.21. The minimum absolute atomic E-state index is 0.115. The molecular weight excluding hydrogens is 316 g/mol. The molecule has 2 aromatic carbocycles. The van der Waals surface area contributed by atoms with E-state index in [-0.39, 0.29) is 12.1 Å². The summed E-state index contributed by atoms with van der Waals surface area (Å²) in [6.45, 7) is 1.97. The maximum atomic E-state index is 14.3. The average molecular weight is 329 g/mol. The first-order valence-electron chi connectivity index (χ1n) is 7.19. The topological polar surface area (TPSA) is 59.3 Å². The molecule has 0 saturated carbocycles. The fraction of sp³-hybridized carbons (Fsp3) is 0.111. The third-order valence-electron chi connectivity index (χ3n) is 3.95. The lowest BCUT2D eigenvalue weighted by molar-refractivity contribution is 0.0695. The quantitative estimate of drug-likeness (QED) is 0.802. The van der Waals surface area contributed by atoms with Gasteiger partial charge in [0, 0.05) is 12.7 Å². The van der Waals surface area contributed by atoms with Crippen molar-refractivity contribution in [1.82, 2.24) is 4.57 Å². The van der Waals surface area contributed by atoms with E-state index in [1.807, 2.05) is 19.1 Å². The van der Waals surface area contributed by atoms with Crippen LogP contribution >= 0.6 is 0 Å². The molecule has 0 amide bonds. The number of pyridine rings is 1. The Labute approximate surface area is 135 Å². The van der Waals surface area contributed by atoms with Gasteiger partial charge < -0.3 is 9.67 Å². The highest BCUT2D eigenvalue weighted by Gasteiger charge is 2.20. The normalized spacial score (nSPS) is 11.0. The molecule has 4 nitrogen and oxygen atoms in total. The Bertz CT molecular complexity index is 1020. The molecule has 3 rings (SSSR count). The Morgan fingerprint density at radius 2 is 1.79 bits per heavy atom. The van der Waals surface area contributed by atoms with Gasteiger partial charge in [-0.05, 0) is 30.2 Å². The first-order chi connectivity index (χ1) is 11.4. The number of benzene rings is 2. The van der Waals surface area contributed by atoms with E-state index >= 15 is 0 Å². The molecule has 0 unspecified atom stereocenters. The Hall–Kier alpha value is -3.02. The Kier molecular flexibility index (Phi) is 3.89. The van der Waals surface area contributed by atoms with E-state index in [4.69, 9.17) is 0 Å². The number of fused-ring (bicyclic) bond motifs is 1. The number of hydrogen-bond donors (Lipinski definition) is 1. The zero-order valence-electron chi connectivity index (χ0n) is 12.7. The molecule has 3 aromatic rings. The Balaban J connectivity index is 2.36. The maximum absolute atomic E-state index is 14.3. The van der Waals surface area contributed by atoms with Gasteiger partial charge in [0.2, 0.25) is 5.43 Å². The summed E-state index contributed by atoms with van der Waals surface area (Å²) in [6.07, 6.45) is 1.06. The highest BCUT2D eigenvalue weighted by atomic mass is 19.1. The van der Waals surface area contributed by atoms with Crippen molar-refractivity contribution in [1.29, 1.82) is 0 Å². The van der Waals surface area contributed by atoms with Gasteiger partial charge in [0.05, 0.1) is 10.9 Å². The van der Waals surface area contributed by atoms with Gasteiger partial charge in [-0.1, -0.05) is 24.3 Å². The van der Waals surface area contributed by atoms with E-state index < -0.39 is 34.0 Å². The van der Waals surface area contributed by atoms with Crippen LogP contribution in [0.2, 0.25) is 0 Å². The van der Waals surface area contributed by atoms with Crippen molar-refractivity contribution < 1.29 is 18.7 Å². The van der Waals surface area contributed by atoms with Crippen LogP contribution in [0.25, 0.3) is 10.9 Å². The summed E-state index contributed by atoms with van der Waals surface area (Å²) < 4.78 is 29.6. The second-order valence-electron chi connectivity index (χ2n) is 5.48. The minimum atomic E-state index is -1.48. The molecule has 0 atom stereocenters. The van der Waals surface area contributed by atoms with Crippen LogP contribution < -0.4 is 5.43 Å². The number of rotatable bonds is 3. The maximum Gasteiger partial charge on any atom is 0.341 e. The van der Waals surface area contributed by atoms with Crippen LogP contribution in [0.5, 0.6) is 0 Å². The zero-order chi connectivity index (χ0) is 17.4. The van der Waals surface area contributed by atoms with Crippen LogP contribution in [0.15, 0.2) is 47.4 Å². The minimum Gasteiger partial charge on any atom is -0.477 e. The van der Waals surface area contributed by atoms with Crippen molar-refractivity contribution in [3.63, 3.8) is 0 Å². The molecule has 0 bridgehead atoms. The fourth-order valence-electron chi connectivity index (χ4n) is 2.70. The van der Waals surface area contributed by atoms with Crippen LogP contribution in [0, 0.1) is 18.6 Å². The monoisotopic (exact) mass is 329 g/mol. The van der Waals surface area contributed by atoms with Crippen molar-refractivity contribution >= 4 is 16.9 Å². The van der Waals surface area contributed by atoms with E-state index in [0.717, 1.165) is 29.5 Å². The van der Waals surface area contributed by atoms with Crippen molar-refractivity contribution in [3.8, 4) is 0 Å². The molecule has 1 N–H and O–H groups in total. The van der Waals surface area contributed by atoms with E-state index in [1.165, 1.54) is 4.57 Å². The predicted molar refractivity (Wildman–Crippen MR) is 85.4 cm³/mol. The standard InChI is InChI=1S/C18H13F2NO3/c1-10-4-2-3-5-11(10)8-21-9-12(18(23)24)17(22)15-13(19)6-7-14(20)16(15)21/h2-7,9H,8H2,1H3,(H,23,24). The van der Waals surface area contributed by atoms with E-state index in [1.54, 1.807) is 12.1 Å². The molecule has 0 radical (unpaired) electrons. The van der Waals surface area contributed by atoms with Gasteiger partial charge in [0.25, 0.3) is 0 Å². The molecule has 1 aromatic heterocycles. The van der Waals surface area contributed by atoms with Crippen LogP contribution in [-0.4, -0.2) is 15.6 Å². The third-order valence-corrected chi connectivity index (χ3v) is 3.95. The molecule has 0 spiro atoms. The summed E-state index contributed by atoms with van der Waals surface area (Å²) in [4.78, 5) is 23.5. The highest BCUT2D eigenvalue weighted by molar-refractivity contribution is 5.92. The number of carboxylic acid groups (broad SMARTS) is 1. The second kappa shape index (κ2) is 5.88. The first-order valence-corrected chi connectivity index (χ1v) is 7.19. The lowest BCUT2D eigenvalue weighted by Gasteiger charge is -2.15. The van der Waals surface area contributed by atoms with Crippen LogP contribution in [-0.2, 0) is 6.54 Å². The van der Waals surface area contributed by atoms with Crippen molar-refractivity contribution in [2.45, 2.75) is 13.5 Å². The van der Waals surface area contributed by atoms with E-state index in [0.29, 0.717) is 0 Å². The summed E-state index contributed by atoms with van der Waals surface area (Å²) in [7, 11) is 0. The molecule has 6 heteroatoms. The number of carbonyl (C=O) groups is 1. The number of aromatic nitrogens is 1. The SMILES string of the molecule is Cc1ccccc1Cn1cc(C(=O)O)c(=O)c2c(F)ccc(F)c21. The predicted octanol–water partition coefficient (Wildman–Crippen LogP) is 3.33. The lowest BCUT2D eigenvalue weighted by atomic mass is 10.1. The molecule has 24 heavy (non-hydrogen) atoms. The number of aryl methyl sites for hydroxylation is 1. The van der Waals surface area contributed by atoms with E-state index in [9.17, 15) is 23.5 Å². The zero-order valence-corrected chi connectivity index (χ0v) is 12.7. The first kappa shape index (κ1) is 15.9. The van der Waals surface area contributed by atoms with Crippen molar-refractivity contribution in [3.05, 3.63) is 81.1 Å². The summed E-state index contributed by atoms with van der Waals surface area (Å²) >= 11 is 0. The molecule has 0 aliphatic carbocycles. The molecule has 122 valence electrons. The van der Waals surface area contributed by atoms with Crippen LogP contribution in [0.1, 0.15) is 21.5 Å². The van der Waals surface area contributed by atoms with Crippen LogP contribution in [0.4, 0.5) is 8.78 Å². The fourth-order valence-corrected chi connectivity index (χ4v) is 2.70. The van der Waals surface area contributed by atoms with E-state index in [2.05, 4.69) is 0 Å². The van der Waals surface area contributed by atoms with Gasteiger partial charge in [0.15, 0.2) is 0 Å². The van der Waals surface area contributed by atoms with Crippen molar-refractivity contribution in [2.75, 3.05) is 0 Å². The molecule has 0 aliphatic heterocycles. The lowest BCUT2D eigenvalue weighted by Crippen LogP contribution is -2.21. The molecule has 0 saturated heterocycles.